The summed E-state index contributed by atoms with van der Waals surface area (Å²) in [6.07, 6.45) is 1.47. The predicted octanol–water partition coefficient (Wildman–Crippen LogP) is 4.27. The molecule has 0 amide bonds. The molecule has 0 atom stereocenters. The molecular weight excluding hydrogens is 385 g/mol. The van der Waals surface area contributed by atoms with E-state index in [4.69, 9.17) is 30.7 Å². The topological polar surface area (TPSA) is 135 Å². The third kappa shape index (κ3) is 8.17. The van der Waals surface area contributed by atoms with E-state index in [0.717, 1.165) is 0 Å². The highest BCUT2D eigenvalue weighted by atomic mass is 35.5. The average Bonchev–Trinajstić information content (AvgIpc) is 2.47. The van der Waals surface area contributed by atoms with E-state index >= 15 is 0 Å². The smallest absolute Gasteiger partial charge is 0.439 e. The Morgan fingerprint density at radius 3 is 2.35 bits per heavy atom. The van der Waals surface area contributed by atoms with Gasteiger partial charge in [0, 0.05) is 34.5 Å². The number of halogens is 1. The molecule has 11 heteroatoms. The third-order valence-electron chi connectivity index (χ3n) is 2.60. The van der Waals surface area contributed by atoms with Gasteiger partial charge in [0.1, 0.15) is 11.4 Å². The van der Waals surface area contributed by atoms with Gasteiger partial charge in [-0.25, -0.2) is 4.98 Å². The van der Waals surface area contributed by atoms with Gasteiger partial charge in [0.2, 0.25) is 5.88 Å². The lowest BCUT2D eigenvalue weighted by Crippen LogP contribution is -2.26. The number of benzene rings is 1. The van der Waals surface area contributed by atoms with Crippen molar-refractivity contribution in [1.29, 1.82) is 0 Å². The molecule has 1 aromatic carbocycles. The Hall–Kier alpha value is -2.32. The third-order valence-corrected chi connectivity index (χ3v) is 2.82. The van der Waals surface area contributed by atoms with Gasteiger partial charge in [-0.3, -0.25) is 10.1 Å². The summed E-state index contributed by atoms with van der Waals surface area (Å²) in [5.74, 6) is 0.812. The summed E-state index contributed by atoms with van der Waals surface area (Å²) in [4.78, 5) is 28.9. The van der Waals surface area contributed by atoms with Crippen molar-refractivity contribution in [2.75, 3.05) is 5.32 Å². The molecule has 3 N–H and O–H groups in total. The second-order valence-electron chi connectivity index (χ2n) is 5.98. The molecule has 0 aliphatic heterocycles. The quantitative estimate of drug-likeness (QED) is 0.392. The van der Waals surface area contributed by atoms with Crippen LogP contribution in [0.15, 0.2) is 36.5 Å². The van der Waals surface area contributed by atoms with Gasteiger partial charge in [-0.2, -0.15) is 0 Å². The number of nitrogens with one attached hydrogen (secondary N) is 1. The van der Waals surface area contributed by atoms with Crippen molar-refractivity contribution in [1.82, 2.24) is 4.98 Å². The highest BCUT2D eigenvalue weighted by Crippen LogP contribution is 2.32. The minimum Gasteiger partial charge on any atom is -0.439 e. The molecule has 0 radical (unpaired) electrons. The number of nitro benzene ring substituents is 1. The van der Waals surface area contributed by atoms with E-state index in [9.17, 15) is 10.1 Å². The highest BCUT2D eigenvalue weighted by molar-refractivity contribution is 7.30. The van der Waals surface area contributed by atoms with Gasteiger partial charge in [-0.15, -0.1) is 9.79 Å². The minimum absolute atomic E-state index is 0.00802. The Morgan fingerprint density at radius 1 is 1.27 bits per heavy atom. The first kappa shape index (κ1) is 21.7. The Labute approximate surface area is 155 Å². The molecule has 1 aromatic heterocycles. The monoisotopic (exact) mass is 402 g/mol. The van der Waals surface area contributed by atoms with Crippen molar-refractivity contribution in [3.05, 3.63) is 51.7 Å². The Kier molecular flexibility index (Phi) is 7.85. The summed E-state index contributed by atoms with van der Waals surface area (Å²) >= 11 is 5.77. The van der Waals surface area contributed by atoms with Crippen LogP contribution < -0.4 is 10.1 Å². The zero-order valence-corrected chi connectivity index (χ0v) is 15.9. The fourth-order valence-corrected chi connectivity index (χ4v) is 1.90. The second-order valence-corrected chi connectivity index (χ2v) is 6.92. The number of nitro groups is 1. The number of nitrogens with zero attached hydrogens (tertiary/aromatic N) is 2. The van der Waals surface area contributed by atoms with Crippen molar-refractivity contribution < 1.29 is 24.0 Å². The van der Waals surface area contributed by atoms with Crippen LogP contribution in [0.3, 0.4) is 0 Å². The van der Waals surface area contributed by atoms with E-state index in [1.54, 1.807) is 18.2 Å². The molecule has 0 aliphatic rings. The lowest BCUT2D eigenvalue weighted by molar-refractivity contribution is -0.384. The number of hydrogen-bond acceptors (Lipinski definition) is 6. The lowest BCUT2D eigenvalue weighted by Gasteiger charge is -2.22. The number of rotatable bonds is 4. The van der Waals surface area contributed by atoms with Crippen LogP contribution in [0.25, 0.3) is 0 Å². The predicted molar refractivity (Wildman–Crippen MR) is 97.8 cm³/mol. The Bertz CT molecular complexity index is 776. The Morgan fingerprint density at radius 2 is 1.88 bits per heavy atom. The first-order valence-corrected chi connectivity index (χ1v) is 8.73. The highest BCUT2D eigenvalue weighted by Gasteiger charge is 2.19. The molecule has 2 aromatic rings. The van der Waals surface area contributed by atoms with Crippen LogP contribution in [0.1, 0.15) is 20.8 Å². The van der Waals surface area contributed by atoms with Crippen molar-refractivity contribution >= 4 is 31.2 Å². The summed E-state index contributed by atoms with van der Waals surface area (Å²) < 4.78 is 14.3. The molecule has 0 spiro atoms. The summed E-state index contributed by atoms with van der Waals surface area (Å²) in [5, 5.41) is 14.7. The van der Waals surface area contributed by atoms with Crippen molar-refractivity contribution in [2.45, 2.75) is 26.3 Å². The van der Waals surface area contributed by atoms with Gasteiger partial charge in [-0.1, -0.05) is 11.6 Å². The van der Waals surface area contributed by atoms with Crippen molar-refractivity contribution in [3.8, 4) is 11.6 Å². The number of anilines is 1. The fourth-order valence-electron chi connectivity index (χ4n) is 1.79. The summed E-state index contributed by atoms with van der Waals surface area (Å²) in [6.45, 7) is 5.76. The maximum absolute atomic E-state index is 11.1. The molecule has 0 saturated carbocycles. The maximum atomic E-state index is 11.1. The van der Waals surface area contributed by atoms with Gasteiger partial charge in [0.05, 0.1) is 9.95 Å². The Balaban J connectivity index is 0.000000765. The molecule has 0 unspecified atom stereocenters. The zero-order valence-electron chi connectivity index (χ0n) is 14.2. The molecule has 0 bridgehead atoms. The minimum atomic E-state index is -2.87. The van der Waals surface area contributed by atoms with Crippen LogP contribution in [0, 0.1) is 10.1 Å². The van der Waals surface area contributed by atoms with Crippen LogP contribution in [-0.2, 0) is 4.57 Å². The fraction of sp³-hybridized carbons (Fsp3) is 0.267. The van der Waals surface area contributed by atoms with Gasteiger partial charge >= 0.3 is 8.25 Å². The molecule has 0 saturated heterocycles. The first-order valence-electron chi connectivity index (χ1n) is 7.19. The second kappa shape index (κ2) is 9.40. The van der Waals surface area contributed by atoms with Gasteiger partial charge < -0.3 is 10.1 Å². The van der Waals surface area contributed by atoms with E-state index in [-0.39, 0.29) is 11.2 Å². The molecule has 9 nitrogen and oxygen atoms in total. The molecule has 26 heavy (non-hydrogen) atoms. The summed E-state index contributed by atoms with van der Waals surface area (Å²) in [5.41, 5.74) is 0.0670. The van der Waals surface area contributed by atoms with Crippen LogP contribution in [0.5, 0.6) is 11.6 Å². The van der Waals surface area contributed by atoms with E-state index in [0.29, 0.717) is 22.3 Å². The van der Waals surface area contributed by atoms with Gasteiger partial charge in [-0.05, 0) is 32.9 Å². The first-order chi connectivity index (χ1) is 12.0. The number of hydrogen-bond donors (Lipinski definition) is 3. The SMILES string of the molecule is CC(C)(C)Nc1cc(Oc2ccc(Cl)cn2)ccc1[N+](=O)[O-].O=[P+](O)O. The molecule has 140 valence electrons. The number of ether oxygens (including phenoxy) is 1. The standard InChI is InChI=1S/C15H16ClN3O3.HO3P/c1-15(2,3)18-12-8-11(5-6-13(12)19(20)21)22-14-7-4-10(16)9-17-14;1-4(2)3/h4-9,18H,1-3H3;(H-,1,2,3)/p+1. The molecule has 2 rings (SSSR count). The lowest BCUT2D eigenvalue weighted by atomic mass is 10.1. The van der Waals surface area contributed by atoms with Crippen LogP contribution >= 0.6 is 19.9 Å². The average molecular weight is 403 g/mol. The van der Waals surface area contributed by atoms with Crippen LogP contribution in [-0.4, -0.2) is 25.2 Å². The number of pyridine rings is 1. The van der Waals surface area contributed by atoms with E-state index < -0.39 is 13.2 Å². The summed E-state index contributed by atoms with van der Waals surface area (Å²) in [7, 11) is -2.87. The van der Waals surface area contributed by atoms with Gasteiger partial charge in [0.25, 0.3) is 5.69 Å². The van der Waals surface area contributed by atoms with Crippen molar-refractivity contribution in [3.63, 3.8) is 0 Å². The molecular formula is C15H18ClN3O6P+. The van der Waals surface area contributed by atoms with E-state index in [1.165, 1.54) is 18.3 Å². The normalized spacial score (nSPS) is 10.4. The van der Waals surface area contributed by atoms with E-state index in [2.05, 4.69) is 10.3 Å². The maximum Gasteiger partial charge on any atom is 0.692 e. The molecule has 1 heterocycles. The largest absolute Gasteiger partial charge is 0.692 e. The van der Waals surface area contributed by atoms with Gasteiger partial charge in [0.15, 0.2) is 0 Å². The van der Waals surface area contributed by atoms with Crippen LogP contribution in [0.4, 0.5) is 11.4 Å². The van der Waals surface area contributed by atoms with Crippen LogP contribution in [0.2, 0.25) is 5.02 Å². The zero-order chi connectivity index (χ0) is 19.9. The van der Waals surface area contributed by atoms with Crippen molar-refractivity contribution in [2.24, 2.45) is 0 Å². The number of aromatic nitrogens is 1. The summed E-state index contributed by atoms with van der Waals surface area (Å²) in [6, 6.07) is 7.80. The molecule has 0 aliphatic carbocycles. The van der Waals surface area contributed by atoms with E-state index in [1.807, 2.05) is 20.8 Å². The molecule has 0 fully saturated rings.